The lowest BCUT2D eigenvalue weighted by atomic mass is 9.94. The van der Waals surface area contributed by atoms with Crippen molar-refractivity contribution in [3.8, 4) is 0 Å². The van der Waals surface area contributed by atoms with Gasteiger partial charge in [0.25, 0.3) is 0 Å². The number of aryl methyl sites for hydroxylation is 3. The lowest BCUT2D eigenvalue weighted by molar-refractivity contribution is -0.141. The van der Waals surface area contributed by atoms with Crippen LogP contribution in [0.25, 0.3) is 21.9 Å². The van der Waals surface area contributed by atoms with Gasteiger partial charge in [0.15, 0.2) is 0 Å². The lowest BCUT2D eigenvalue weighted by Crippen LogP contribution is -2.42. The van der Waals surface area contributed by atoms with E-state index in [9.17, 15) is 19.5 Å². The van der Waals surface area contributed by atoms with Crippen molar-refractivity contribution in [2.24, 2.45) is 0 Å². The van der Waals surface area contributed by atoms with E-state index in [1.807, 2.05) is 12.3 Å². The number of amides is 1. The molecule has 1 amide bonds. The average molecular weight is 444 g/mol. The molecule has 1 unspecified atom stereocenters. The summed E-state index contributed by atoms with van der Waals surface area (Å²) in [6.07, 6.45) is 6.06. The largest absolute Gasteiger partial charge is 0.480 e. The van der Waals surface area contributed by atoms with Gasteiger partial charge in [0, 0.05) is 28.8 Å². The van der Waals surface area contributed by atoms with Crippen LogP contribution in [-0.2, 0) is 28.9 Å². The summed E-state index contributed by atoms with van der Waals surface area (Å²) in [6, 6.07) is 2.76. The van der Waals surface area contributed by atoms with E-state index in [4.69, 9.17) is 8.83 Å². The first-order valence-corrected chi connectivity index (χ1v) is 11.8. The molecule has 164 valence electrons. The van der Waals surface area contributed by atoms with Gasteiger partial charge in [-0.05, 0) is 56.2 Å². The predicted molar refractivity (Wildman–Crippen MR) is 120 cm³/mol. The number of rotatable bonds is 7. The number of thioether (sulfide) groups is 1. The zero-order valence-corrected chi connectivity index (χ0v) is 18.4. The fourth-order valence-electron chi connectivity index (χ4n) is 4.25. The number of furan rings is 1. The molecule has 1 atom stereocenters. The SMILES string of the molecule is CSCCC(NC(=O)Cc1c(C)c2cc3c4c(oc3cc2oc1=O)CCCC4)C(=O)O. The van der Waals surface area contributed by atoms with Gasteiger partial charge in [-0.15, -0.1) is 0 Å². The zero-order valence-electron chi connectivity index (χ0n) is 17.6. The molecule has 0 radical (unpaired) electrons. The number of hydrogen-bond acceptors (Lipinski definition) is 6. The van der Waals surface area contributed by atoms with Crippen LogP contribution >= 0.6 is 11.8 Å². The summed E-state index contributed by atoms with van der Waals surface area (Å²) in [6.45, 7) is 1.79. The molecule has 0 bridgehead atoms. The van der Waals surface area contributed by atoms with E-state index in [0.29, 0.717) is 28.9 Å². The topological polar surface area (TPSA) is 110 Å². The van der Waals surface area contributed by atoms with Crippen molar-refractivity contribution in [3.63, 3.8) is 0 Å². The molecule has 2 N–H and O–H groups in total. The van der Waals surface area contributed by atoms with Crippen molar-refractivity contribution in [1.82, 2.24) is 5.32 Å². The minimum atomic E-state index is -1.09. The first-order chi connectivity index (χ1) is 14.9. The number of aliphatic carboxylic acids is 1. The molecular weight excluding hydrogens is 418 g/mol. The van der Waals surface area contributed by atoms with Gasteiger partial charge in [0.2, 0.25) is 5.91 Å². The van der Waals surface area contributed by atoms with Crippen LogP contribution in [0.2, 0.25) is 0 Å². The van der Waals surface area contributed by atoms with Crippen LogP contribution in [0, 0.1) is 6.92 Å². The van der Waals surface area contributed by atoms with Crippen LogP contribution in [-0.4, -0.2) is 35.0 Å². The third kappa shape index (κ3) is 4.21. The molecule has 1 aliphatic carbocycles. The molecule has 1 aromatic carbocycles. The van der Waals surface area contributed by atoms with Gasteiger partial charge in [-0.2, -0.15) is 11.8 Å². The Labute approximate surface area is 183 Å². The van der Waals surface area contributed by atoms with Crippen molar-refractivity contribution >= 4 is 45.6 Å². The van der Waals surface area contributed by atoms with E-state index >= 15 is 0 Å². The highest BCUT2D eigenvalue weighted by atomic mass is 32.2. The van der Waals surface area contributed by atoms with Gasteiger partial charge in [-0.25, -0.2) is 9.59 Å². The smallest absolute Gasteiger partial charge is 0.340 e. The second-order valence-electron chi connectivity index (χ2n) is 7.97. The van der Waals surface area contributed by atoms with Gasteiger partial charge in [-0.3, -0.25) is 4.79 Å². The summed E-state index contributed by atoms with van der Waals surface area (Å²) >= 11 is 1.51. The number of nitrogens with one attached hydrogen (secondary N) is 1. The number of hydrogen-bond donors (Lipinski definition) is 2. The number of fused-ring (bicyclic) bond motifs is 4. The van der Waals surface area contributed by atoms with Gasteiger partial charge < -0.3 is 19.3 Å². The Balaban J connectivity index is 1.68. The standard InChI is InChI=1S/C23H25NO6S/c1-12-14-9-16-13-5-3-4-6-18(13)29-20(16)11-19(14)30-23(28)15(12)10-21(25)24-17(22(26)27)7-8-31-2/h9,11,17H,3-8,10H2,1-2H3,(H,24,25)(H,26,27). The fourth-order valence-corrected chi connectivity index (χ4v) is 4.72. The van der Waals surface area contributed by atoms with E-state index in [-0.39, 0.29) is 12.0 Å². The molecule has 0 fully saturated rings. The molecule has 0 saturated carbocycles. The maximum atomic E-state index is 12.6. The first-order valence-electron chi connectivity index (χ1n) is 10.4. The van der Waals surface area contributed by atoms with Crippen LogP contribution in [0.5, 0.6) is 0 Å². The molecule has 3 aromatic rings. The van der Waals surface area contributed by atoms with Crippen molar-refractivity contribution in [2.45, 2.75) is 51.5 Å². The van der Waals surface area contributed by atoms with E-state index < -0.39 is 23.5 Å². The normalized spacial score (nSPS) is 14.5. The quantitative estimate of drug-likeness (QED) is 0.537. The molecule has 31 heavy (non-hydrogen) atoms. The van der Waals surface area contributed by atoms with Crippen LogP contribution in [0.4, 0.5) is 0 Å². The maximum absolute atomic E-state index is 12.6. The summed E-state index contributed by atoms with van der Waals surface area (Å²) in [4.78, 5) is 36.5. The summed E-state index contributed by atoms with van der Waals surface area (Å²) in [5.41, 5.74) is 2.68. The number of carbonyl (C=O) groups is 2. The Kier molecular flexibility index (Phi) is 6.09. The van der Waals surface area contributed by atoms with Crippen LogP contribution in [0.3, 0.4) is 0 Å². The molecule has 1 aliphatic rings. The summed E-state index contributed by atoms with van der Waals surface area (Å²) in [7, 11) is 0. The van der Waals surface area contributed by atoms with Crippen LogP contribution in [0.1, 0.15) is 41.7 Å². The highest BCUT2D eigenvalue weighted by Crippen LogP contribution is 2.35. The minimum absolute atomic E-state index is 0.227. The number of carboxylic acid groups (broad SMARTS) is 1. The highest BCUT2D eigenvalue weighted by Gasteiger charge is 2.23. The third-order valence-electron chi connectivity index (χ3n) is 5.94. The van der Waals surface area contributed by atoms with Crippen molar-refractivity contribution in [1.29, 1.82) is 0 Å². The van der Waals surface area contributed by atoms with Gasteiger partial charge in [-0.1, -0.05) is 0 Å². The molecule has 0 spiro atoms. The number of carboxylic acids is 1. The summed E-state index contributed by atoms with van der Waals surface area (Å²) < 4.78 is 11.5. The Hall–Kier alpha value is -2.74. The Morgan fingerprint density at radius 2 is 1.90 bits per heavy atom. The molecule has 8 heteroatoms. The zero-order chi connectivity index (χ0) is 22.1. The number of benzene rings is 1. The highest BCUT2D eigenvalue weighted by molar-refractivity contribution is 7.98. The van der Waals surface area contributed by atoms with Crippen LogP contribution < -0.4 is 10.9 Å². The van der Waals surface area contributed by atoms with Gasteiger partial charge in [0.05, 0.1) is 12.0 Å². The predicted octanol–water partition coefficient (Wildman–Crippen LogP) is 3.59. The Morgan fingerprint density at radius 3 is 2.65 bits per heavy atom. The molecule has 2 heterocycles. The Bertz CT molecular complexity index is 1220. The van der Waals surface area contributed by atoms with Crippen LogP contribution in [0.15, 0.2) is 25.8 Å². The molecule has 0 aliphatic heterocycles. The van der Waals surface area contributed by atoms with Gasteiger partial charge >= 0.3 is 11.6 Å². The van der Waals surface area contributed by atoms with E-state index in [2.05, 4.69) is 5.32 Å². The van der Waals surface area contributed by atoms with Gasteiger partial charge in [0.1, 0.15) is 23.0 Å². The second kappa shape index (κ2) is 8.78. The monoisotopic (exact) mass is 443 g/mol. The second-order valence-corrected chi connectivity index (χ2v) is 8.95. The van der Waals surface area contributed by atoms with Crippen molar-refractivity contribution < 1.29 is 23.5 Å². The molecule has 4 rings (SSSR count). The summed E-state index contributed by atoms with van der Waals surface area (Å²) in [5.74, 6) is 0.0160. The van der Waals surface area contributed by atoms with Crippen molar-refractivity contribution in [2.75, 3.05) is 12.0 Å². The molecular formula is C23H25NO6S. The van der Waals surface area contributed by atoms with Crippen molar-refractivity contribution in [3.05, 3.63) is 45.0 Å². The minimum Gasteiger partial charge on any atom is -0.480 e. The third-order valence-corrected chi connectivity index (χ3v) is 6.59. The fraction of sp³-hybridized carbons (Fsp3) is 0.435. The Morgan fingerprint density at radius 1 is 1.16 bits per heavy atom. The molecule has 7 nitrogen and oxygen atoms in total. The first kappa shape index (κ1) is 21.5. The molecule has 0 saturated heterocycles. The van der Waals surface area contributed by atoms with E-state index in [0.717, 1.165) is 42.2 Å². The van der Waals surface area contributed by atoms with E-state index in [1.54, 1.807) is 13.0 Å². The van der Waals surface area contributed by atoms with E-state index in [1.165, 1.54) is 17.3 Å². The average Bonchev–Trinajstić information content (AvgIpc) is 3.10. The lowest BCUT2D eigenvalue weighted by Gasteiger charge is -2.14. The molecule has 2 aromatic heterocycles. The maximum Gasteiger partial charge on any atom is 0.340 e. The summed E-state index contributed by atoms with van der Waals surface area (Å²) in [5, 5.41) is 13.6. The number of carbonyl (C=O) groups excluding carboxylic acids is 1.